The summed E-state index contributed by atoms with van der Waals surface area (Å²) in [6.07, 6.45) is 2.83. The minimum atomic E-state index is -0.445. The molecule has 1 atom stereocenters. The first-order valence-electron chi connectivity index (χ1n) is 5.57. The van der Waals surface area contributed by atoms with Crippen LogP contribution in [0, 0.1) is 17.3 Å². The highest BCUT2D eigenvalue weighted by Gasteiger charge is 2.24. The first kappa shape index (κ1) is 14.0. The van der Waals surface area contributed by atoms with E-state index in [2.05, 4.69) is 18.8 Å². The molecular formula is C13H22O2. The largest absolute Gasteiger partial charge is 0.449 e. The van der Waals surface area contributed by atoms with Gasteiger partial charge in [0.15, 0.2) is 6.10 Å². The van der Waals surface area contributed by atoms with Crippen LogP contribution in [0.2, 0.25) is 0 Å². The van der Waals surface area contributed by atoms with Gasteiger partial charge in [0.2, 0.25) is 0 Å². The molecule has 0 bridgehead atoms. The van der Waals surface area contributed by atoms with Gasteiger partial charge in [-0.2, -0.15) is 0 Å². The van der Waals surface area contributed by atoms with Gasteiger partial charge in [0.1, 0.15) is 0 Å². The van der Waals surface area contributed by atoms with E-state index in [9.17, 15) is 4.79 Å². The van der Waals surface area contributed by atoms with Gasteiger partial charge in [-0.25, -0.2) is 0 Å². The van der Waals surface area contributed by atoms with E-state index in [1.54, 1.807) is 0 Å². The van der Waals surface area contributed by atoms with Crippen LogP contribution in [0.25, 0.3) is 0 Å². The van der Waals surface area contributed by atoms with Crippen LogP contribution in [0.5, 0.6) is 0 Å². The minimum Gasteiger partial charge on any atom is -0.449 e. The van der Waals surface area contributed by atoms with Gasteiger partial charge in [-0.15, -0.1) is 0 Å². The molecule has 0 heterocycles. The first-order chi connectivity index (χ1) is 6.88. The predicted molar refractivity (Wildman–Crippen MR) is 62.3 cm³/mol. The van der Waals surface area contributed by atoms with Gasteiger partial charge in [0.05, 0.1) is 5.41 Å². The van der Waals surface area contributed by atoms with Crippen molar-refractivity contribution in [3.8, 4) is 11.8 Å². The molecule has 1 unspecified atom stereocenters. The highest BCUT2D eigenvalue weighted by atomic mass is 16.5. The maximum atomic E-state index is 11.5. The molecule has 0 N–H and O–H groups in total. The monoisotopic (exact) mass is 210 g/mol. The fourth-order valence-electron chi connectivity index (χ4n) is 0.848. The number of esters is 1. The van der Waals surface area contributed by atoms with Crippen LogP contribution in [0.1, 0.15) is 53.9 Å². The zero-order valence-corrected chi connectivity index (χ0v) is 10.5. The minimum absolute atomic E-state index is 0.195. The van der Waals surface area contributed by atoms with Crippen LogP contribution in [-0.4, -0.2) is 12.1 Å². The Hall–Kier alpha value is -0.970. The topological polar surface area (TPSA) is 26.3 Å². The lowest BCUT2D eigenvalue weighted by Crippen LogP contribution is -2.26. The third-order valence-electron chi connectivity index (χ3n) is 1.86. The smallest absolute Gasteiger partial charge is 0.312 e. The highest BCUT2D eigenvalue weighted by Crippen LogP contribution is 2.16. The van der Waals surface area contributed by atoms with Crippen molar-refractivity contribution in [1.82, 2.24) is 0 Å². The highest BCUT2D eigenvalue weighted by molar-refractivity contribution is 5.75. The third-order valence-corrected chi connectivity index (χ3v) is 1.86. The molecule has 2 nitrogen and oxygen atoms in total. The summed E-state index contributed by atoms with van der Waals surface area (Å²) in [5, 5.41) is 0. The average Bonchev–Trinajstić information content (AvgIpc) is 2.11. The number of unbranched alkanes of at least 4 members (excludes halogenated alkanes) is 2. The molecule has 86 valence electrons. The quantitative estimate of drug-likeness (QED) is 0.406. The second kappa shape index (κ2) is 6.50. The van der Waals surface area contributed by atoms with Crippen molar-refractivity contribution < 1.29 is 9.53 Å². The van der Waals surface area contributed by atoms with E-state index >= 15 is 0 Å². The van der Waals surface area contributed by atoms with E-state index < -0.39 is 5.41 Å². The molecular weight excluding hydrogens is 188 g/mol. The molecule has 0 radical (unpaired) electrons. The van der Waals surface area contributed by atoms with Crippen LogP contribution < -0.4 is 0 Å². The van der Waals surface area contributed by atoms with Gasteiger partial charge in [-0.1, -0.05) is 25.2 Å². The van der Waals surface area contributed by atoms with Crippen molar-refractivity contribution in [2.45, 2.75) is 60.0 Å². The van der Waals surface area contributed by atoms with Crippen molar-refractivity contribution in [2.24, 2.45) is 5.41 Å². The lowest BCUT2D eigenvalue weighted by atomic mass is 9.97. The van der Waals surface area contributed by atoms with Crippen molar-refractivity contribution in [3.63, 3.8) is 0 Å². The Morgan fingerprint density at radius 2 is 2.00 bits per heavy atom. The van der Waals surface area contributed by atoms with Crippen molar-refractivity contribution >= 4 is 5.97 Å². The summed E-state index contributed by atoms with van der Waals surface area (Å²) in [4.78, 5) is 11.5. The molecule has 0 fully saturated rings. The van der Waals surface area contributed by atoms with Gasteiger partial charge in [-0.3, -0.25) is 4.79 Å². The van der Waals surface area contributed by atoms with E-state index in [1.165, 1.54) is 0 Å². The van der Waals surface area contributed by atoms with Crippen molar-refractivity contribution in [1.29, 1.82) is 0 Å². The Morgan fingerprint density at radius 1 is 1.40 bits per heavy atom. The average molecular weight is 210 g/mol. The standard InChI is InChI=1S/C13H22O2/c1-6-7-8-9-10-11(2)15-12(14)13(3,4)5/h11H,6-8H2,1-5H3. The maximum Gasteiger partial charge on any atom is 0.312 e. The zero-order valence-electron chi connectivity index (χ0n) is 10.5. The molecule has 0 aromatic heterocycles. The lowest BCUT2D eigenvalue weighted by molar-refractivity contribution is -0.155. The molecule has 2 heteroatoms. The summed E-state index contributed by atoms with van der Waals surface area (Å²) in [6, 6.07) is 0. The second-order valence-corrected chi connectivity index (χ2v) is 4.72. The van der Waals surface area contributed by atoms with Crippen LogP contribution >= 0.6 is 0 Å². The second-order valence-electron chi connectivity index (χ2n) is 4.72. The van der Waals surface area contributed by atoms with E-state index in [-0.39, 0.29) is 12.1 Å². The van der Waals surface area contributed by atoms with E-state index in [0.717, 1.165) is 19.3 Å². The van der Waals surface area contributed by atoms with Crippen molar-refractivity contribution in [3.05, 3.63) is 0 Å². The number of carbonyl (C=O) groups is 1. The third kappa shape index (κ3) is 7.02. The summed E-state index contributed by atoms with van der Waals surface area (Å²) in [5.41, 5.74) is -0.445. The molecule has 0 rings (SSSR count). The number of carbonyl (C=O) groups excluding carboxylic acids is 1. The Morgan fingerprint density at radius 3 is 2.47 bits per heavy atom. The van der Waals surface area contributed by atoms with E-state index in [0.29, 0.717) is 0 Å². The molecule has 0 spiro atoms. The van der Waals surface area contributed by atoms with Gasteiger partial charge in [-0.05, 0) is 34.1 Å². The fraction of sp³-hybridized carbons (Fsp3) is 0.769. The van der Waals surface area contributed by atoms with Gasteiger partial charge in [0.25, 0.3) is 0 Å². The molecule has 0 aliphatic heterocycles. The Bertz CT molecular complexity index is 250. The molecule has 0 aliphatic carbocycles. The zero-order chi connectivity index (χ0) is 11.9. The Kier molecular flexibility index (Phi) is 6.08. The molecule has 0 saturated heterocycles. The lowest BCUT2D eigenvalue weighted by Gasteiger charge is -2.18. The maximum absolute atomic E-state index is 11.5. The summed E-state index contributed by atoms with van der Waals surface area (Å²) in [6.45, 7) is 9.46. The number of hydrogen-bond acceptors (Lipinski definition) is 2. The van der Waals surface area contributed by atoms with Crippen LogP contribution in [0.4, 0.5) is 0 Å². The molecule has 0 aliphatic rings. The molecule has 0 aromatic rings. The summed E-state index contributed by atoms with van der Waals surface area (Å²) in [7, 11) is 0. The number of rotatable bonds is 3. The number of ether oxygens (including phenoxy) is 1. The van der Waals surface area contributed by atoms with Crippen molar-refractivity contribution in [2.75, 3.05) is 0 Å². The summed E-state index contributed by atoms with van der Waals surface area (Å²) < 4.78 is 5.18. The summed E-state index contributed by atoms with van der Waals surface area (Å²) >= 11 is 0. The van der Waals surface area contributed by atoms with E-state index in [1.807, 2.05) is 27.7 Å². The summed E-state index contributed by atoms with van der Waals surface area (Å²) in [5.74, 6) is 5.75. The molecule has 15 heavy (non-hydrogen) atoms. The van der Waals surface area contributed by atoms with Crippen LogP contribution in [0.3, 0.4) is 0 Å². The first-order valence-corrected chi connectivity index (χ1v) is 5.57. The Labute approximate surface area is 93.4 Å². The Balaban J connectivity index is 3.97. The van der Waals surface area contributed by atoms with Gasteiger partial charge >= 0.3 is 5.97 Å². The van der Waals surface area contributed by atoms with E-state index in [4.69, 9.17) is 4.74 Å². The number of hydrogen-bond donors (Lipinski definition) is 0. The predicted octanol–water partition coefficient (Wildman–Crippen LogP) is 3.16. The SMILES string of the molecule is CCCCC#CC(C)OC(=O)C(C)(C)C. The van der Waals surface area contributed by atoms with Gasteiger partial charge < -0.3 is 4.74 Å². The normalized spacial score (nSPS) is 12.6. The fourth-order valence-corrected chi connectivity index (χ4v) is 0.848. The molecule has 0 aromatic carbocycles. The van der Waals surface area contributed by atoms with Crippen LogP contribution in [0.15, 0.2) is 0 Å². The van der Waals surface area contributed by atoms with Gasteiger partial charge in [0, 0.05) is 6.42 Å². The van der Waals surface area contributed by atoms with Crippen LogP contribution in [-0.2, 0) is 9.53 Å². The molecule has 0 saturated carbocycles. The molecule has 0 amide bonds.